The van der Waals surface area contributed by atoms with Gasteiger partial charge in [-0.1, -0.05) is 47.6 Å². The molecule has 3 aromatic rings. The highest BCUT2D eigenvalue weighted by atomic mass is 35.5. The van der Waals surface area contributed by atoms with E-state index in [2.05, 4.69) is 4.98 Å². The number of benzene rings is 2. The van der Waals surface area contributed by atoms with E-state index in [9.17, 15) is 22.8 Å². The molecule has 0 N–H and O–H groups in total. The molecule has 0 atom stereocenters. The summed E-state index contributed by atoms with van der Waals surface area (Å²) in [4.78, 5) is 27.7. The summed E-state index contributed by atoms with van der Waals surface area (Å²) >= 11 is 7.09. The second kappa shape index (κ2) is 8.89. The van der Waals surface area contributed by atoms with Gasteiger partial charge in [-0.3, -0.25) is 4.79 Å². The molecule has 30 heavy (non-hydrogen) atoms. The molecule has 4 nitrogen and oxygen atoms in total. The van der Waals surface area contributed by atoms with Crippen LogP contribution in [0.25, 0.3) is 11.1 Å². The lowest BCUT2D eigenvalue weighted by Gasteiger charge is -2.19. The van der Waals surface area contributed by atoms with E-state index in [0.717, 1.165) is 23.9 Å². The Morgan fingerprint density at radius 1 is 1.13 bits per heavy atom. The van der Waals surface area contributed by atoms with Crippen LogP contribution in [0.1, 0.15) is 26.3 Å². The average molecular weight is 452 g/mol. The second-order valence-electron chi connectivity index (χ2n) is 5.95. The zero-order chi connectivity index (χ0) is 21.9. The molecule has 0 amide bonds. The van der Waals surface area contributed by atoms with E-state index in [1.807, 2.05) is 0 Å². The SMILES string of the molecule is COC(=O)c1cccnc1Sc1c(Cl)ccc(C(F)(F)F)c1-c1ccccc1C=O. The summed E-state index contributed by atoms with van der Waals surface area (Å²) in [6, 6.07) is 10.8. The average Bonchev–Trinajstić information content (AvgIpc) is 2.74. The molecule has 0 aliphatic heterocycles. The highest BCUT2D eigenvalue weighted by Crippen LogP contribution is 2.47. The quantitative estimate of drug-likeness (QED) is 0.343. The first kappa shape index (κ1) is 21.9. The predicted octanol–water partition coefficient (Wildman–Crippen LogP) is 6.17. The Morgan fingerprint density at radius 2 is 1.87 bits per heavy atom. The van der Waals surface area contributed by atoms with Crippen LogP contribution in [0.5, 0.6) is 0 Å². The van der Waals surface area contributed by atoms with Crippen LogP contribution in [0.3, 0.4) is 0 Å². The number of hydrogen-bond donors (Lipinski definition) is 0. The van der Waals surface area contributed by atoms with Crippen molar-refractivity contribution in [2.24, 2.45) is 0 Å². The molecule has 154 valence electrons. The van der Waals surface area contributed by atoms with Gasteiger partial charge in [0.1, 0.15) is 5.03 Å². The highest BCUT2D eigenvalue weighted by Gasteiger charge is 2.36. The molecule has 3 rings (SSSR count). The van der Waals surface area contributed by atoms with Crippen LogP contribution in [0.15, 0.2) is 64.6 Å². The smallest absolute Gasteiger partial charge is 0.417 e. The summed E-state index contributed by atoms with van der Waals surface area (Å²) in [5, 5.41) is 0.139. The van der Waals surface area contributed by atoms with Crippen LogP contribution in [0.2, 0.25) is 5.02 Å². The molecule has 2 aromatic carbocycles. The first-order chi connectivity index (χ1) is 14.3. The summed E-state index contributed by atoms with van der Waals surface area (Å²) in [6.07, 6.45) is -2.83. The van der Waals surface area contributed by atoms with E-state index >= 15 is 0 Å². The molecular weight excluding hydrogens is 439 g/mol. The fourth-order valence-corrected chi connectivity index (χ4v) is 4.15. The summed E-state index contributed by atoms with van der Waals surface area (Å²) in [7, 11) is 1.19. The topological polar surface area (TPSA) is 56.3 Å². The number of hydrogen-bond acceptors (Lipinski definition) is 5. The number of nitrogens with zero attached hydrogens (tertiary/aromatic N) is 1. The monoisotopic (exact) mass is 451 g/mol. The van der Waals surface area contributed by atoms with Crippen molar-refractivity contribution in [2.45, 2.75) is 16.1 Å². The third-order valence-corrected chi connectivity index (χ3v) is 5.72. The zero-order valence-corrected chi connectivity index (χ0v) is 16.9. The number of aldehydes is 1. The first-order valence-electron chi connectivity index (χ1n) is 8.43. The number of pyridine rings is 1. The van der Waals surface area contributed by atoms with Gasteiger partial charge in [-0.25, -0.2) is 9.78 Å². The molecule has 0 fully saturated rings. The van der Waals surface area contributed by atoms with Gasteiger partial charge in [0.05, 0.1) is 23.3 Å². The number of esters is 1. The van der Waals surface area contributed by atoms with Crippen molar-refractivity contribution in [3.8, 4) is 11.1 Å². The van der Waals surface area contributed by atoms with E-state index in [0.29, 0.717) is 6.29 Å². The van der Waals surface area contributed by atoms with Crippen LogP contribution in [-0.2, 0) is 10.9 Å². The van der Waals surface area contributed by atoms with Crippen LogP contribution >= 0.6 is 23.4 Å². The summed E-state index contributed by atoms with van der Waals surface area (Å²) in [5.41, 5.74) is -1.00. The maximum Gasteiger partial charge on any atom is 0.417 e. The lowest BCUT2D eigenvalue weighted by atomic mass is 9.95. The number of halogens is 4. The fraction of sp³-hybridized carbons (Fsp3) is 0.0952. The van der Waals surface area contributed by atoms with Crippen molar-refractivity contribution in [1.29, 1.82) is 0 Å². The van der Waals surface area contributed by atoms with Gasteiger partial charge >= 0.3 is 12.1 Å². The Balaban J connectivity index is 2.31. The number of carbonyl (C=O) groups excluding carboxylic acids is 2. The number of methoxy groups -OCH3 is 1. The van der Waals surface area contributed by atoms with Gasteiger partial charge in [-0.2, -0.15) is 13.2 Å². The van der Waals surface area contributed by atoms with Crippen molar-refractivity contribution < 1.29 is 27.5 Å². The molecule has 0 bridgehead atoms. The van der Waals surface area contributed by atoms with Gasteiger partial charge in [0.2, 0.25) is 0 Å². The third-order valence-electron chi connectivity index (χ3n) is 4.15. The van der Waals surface area contributed by atoms with Gasteiger partial charge < -0.3 is 4.74 Å². The third kappa shape index (κ3) is 4.34. The van der Waals surface area contributed by atoms with Gasteiger partial charge in [-0.15, -0.1) is 0 Å². The molecule has 9 heteroatoms. The Bertz CT molecular complexity index is 1120. The van der Waals surface area contributed by atoms with Gasteiger partial charge in [-0.05, 0) is 29.8 Å². The lowest BCUT2D eigenvalue weighted by Crippen LogP contribution is -2.09. The van der Waals surface area contributed by atoms with Crippen molar-refractivity contribution in [3.63, 3.8) is 0 Å². The first-order valence-corrected chi connectivity index (χ1v) is 9.62. The minimum absolute atomic E-state index is 0.0182. The van der Waals surface area contributed by atoms with Crippen LogP contribution in [0.4, 0.5) is 13.2 Å². The van der Waals surface area contributed by atoms with Crippen LogP contribution in [-0.4, -0.2) is 24.3 Å². The Kier molecular flexibility index (Phi) is 6.48. The fourth-order valence-electron chi connectivity index (χ4n) is 2.82. The van der Waals surface area contributed by atoms with Crippen molar-refractivity contribution in [2.75, 3.05) is 7.11 Å². The normalized spacial score (nSPS) is 11.2. The Labute approximate surface area is 179 Å². The Hall–Kier alpha value is -2.84. The summed E-state index contributed by atoms with van der Waals surface area (Å²) in [5.74, 6) is -0.691. The molecule has 1 aromatic heterocycles. The number of alkyl halides is 3. The number of ether oxygens (including phenoxy) is 1. The second-order valence-corrected chi connectivity index (χ2v) is 7.36. The molecule has 0 radical (unpaired) electrons. The molecule has 0 spiro atoms. The minimum Gasteiger partial charge on any atom is -0.465 e. The number of carbonyl (C=O) groups is 2. The number of rotatable bonds is 5. The van der Waals surface area contributed by atoms with Crippen molar-refractivity contribution in [3.05, 3.63) is 76.4 Å². The lowest BCUT2D eigenvalue weighted by molar-refractivity contribution is -0.137. The molecule has 0 aliphatic carbocycles. The van der Waals surface area contributed by atoms with E-state index in [1.165, 1.54) is 43.6 Å². The van der Waals surface area contributed by atoms with Gasteiger partial charge in [0.25, 0.3) is 0 Å². The maximum absolute atomic E-state index is 13.9. The largest absolute Gasteiger partial charge is 0.465 e. The van der Waals surface area contributed by atoms with E-state index in [-0.39, 0.29) is 37.2 Å². The zero-order valence-electron chi connectivity index (χ0n) is 15.4. The van der Waals surface area contributed by atoms with Crippen molar-refractivity contribution >= 4 is 35.6 Å². The van der Waals surface area contributed by atoms with Crippen LogP contribution in [0, 0.1) is 0 Å². The van der Waals surface area contributed by atoms with Crippen molar-refractivity contribution in [1.82, 2.24) is 4.98 Å². The summed E-state index contributed by atoms with van der Waals surface area (Å²) < 4.78 is 46.3. The highest BCUT2D eigenvalue weighted by molar-refractivity contribution is 7.99. The maximum atomic E-state index is 13.9. The molecule has 1 heterocycles. The number of aromatic nitrogens is 1. The van der Waals surface area contributed by atoms with E-state index < -0.39 is 17.7 Å². The Morgan fingerprint density at radius 3 is 2.53 bits per heavy atom. The molecule has 0 aliphatic rings. The molecular formula is C21H13ClF3NO3S. The van der Waals surface area contributed by atoms with Crippen LogP contribution < -0.4 is 0 Å². The molecule has 0 saturated heterocycles. The van der Waals surface area contributed by atoms with Gasteiger partial charge in [0, 0.05) is 22.2 Å². The predicted molar refractivity (Wildman–Crippen MR) is 107 cm³/mol. The minimum atomic E-state index is -4.71. The summed E-state index contributed by atoms with van der Waals surface area (Å²) in [6.45, 7) is 0. The van der Waals surface area contributed by atoms with E-state index in [1.54, 1.807) is 6.07 Å². The molecule has 0 unspecified atom stereocenters. The van der Waals surface area contributed by atoms with E-state index in [4.69, 9.17) is 16.3 Å². The molecule has 0 saturated carbocycles. The standard InChI is InChI=1S/C21H13ClF3NO3S/c1-29-20(28)14-7-4-10-26-19(14)30-18-16(22)9-8-15(21(23,24)25)17(18)13-6-3-2-5-12(13)11-27/h2-11H,1H3. The van der Waals surface area contributed by atoms with Gasteiger partial charge in [0.15, 0.2) is 6.29 Å².